The van der Waals surface area contributed by atoms with Gasteiger partial charge >= 0.3 is 5.97 Å². The zero-order valence-electron chi connectivity index (χ0n) is 11.7. The Morgan fingerprint density at radius 1 is 1.19 bits per heavy atom. The highest BCUT2D eigenvalue weighted by atomic mass is 35.5. The third-order valence-corrected chi connectivity index (χ3v) is 3.61. The molecule has 0 aliphatic heterocycles. The van der Waals surface area contributed by atoms with Gasteiger partial charge in [-0.2, -0.15) is 0 Å². The number of carbonyl (C=O) groups excluding carboxylic acids is 1. The van der Waals surface area contributed by atoms with E-state index in [-0.39, 0.29) is 0 Å². The number of rotatable bonds is 4. The largest absolute Gasteiger partial charge is 0.467 e. The molecule has 1 N–H and O–H groups in total. The third kappa shape index (κ3) is 3.90. The first kappa shape index (κ1) is 15.7. The highest BCUT2D eigenvalue weighted by Crippen LogP contribution is 2.30. The molecule has 5 heteroatoms. The molecule has 0 spiro atoms. The van der Waals surface area contributed by atoms with Crippen molar-refractivity contribution in [2.24, 2.45) is 0 Å². The molecule has 0 bridgehead atoms. The van der Waals surface area contributed by atoms with Gasteiger partial charge in [-0.25, -0.2) is 4.79 Å². The van der Waals surface area contributed by atoms with E-state index in [4.69, 9.17) is 27.9 Å². The number of ether oxygens (including phenoxy) is 1. The second-order valence-corrected chi connectivity index (χ2v) is 5.48. The molecule has 3 nitrogen and oxygen atoms in total. The minimum absolute atomic E-state index is 0.430. The van der Waals surface area contributed by atoms with Gasteiger partial charge in [0, 0.05) is 21.3 Å². The summed E-state index contributed by atoms with van der Waals surface area (Å²) in [6, 6.07) is 12.0. The van der Waals surface area contributed by atoms with Gasteiger partial charge in [0.2, 0.25) is 0 Å². The molecule has 0 aromatic heterocycles. The van der Waals surface area contributed by atoms with Crippen molar-refractivity contribution in [1.82, 2.24) is 0 Å². The van der Waals surface area contributed by atoms with E-state index in [0.29, 0.717) is 15.6 Å². The van der Waals surface area contributed by atoms with Crippen molar-refractivity contribution >= 4 is 34.9 Å². The lowest BCUT2D eigenvalue weighted by atomic mass is 10.1. The maximum atomic E-state index is 12.1. The molecule has 0 amide bonds. The van der Waals surface area contributed by atoms with Gasteiger partial charge in [-0.05, 0) is 42.8 Å². The maximum absolute atomic E-state index is 12.1. The smallest absolute Gasteiger partial charge is 0.333 e. The van der Waals surface area contributed by atoms with E-state index in [1.54, 1.807) is 18.2 Å². The fourth-order valence-corrected chi connectivity index (χ4v) is 2.43. The van der Waals surface area contributed by atoms with Gasteiger partial charge in [0.1, 0.15) is 0 Å². The summed E-state index contributed by atoms with van der Waals surface area (Å²) in [4.78, 5) is 12.1. The molecule has 0 fully saturated rings. The van der Waals surface area contributed by atoms with Crippen LogP contribution in [-0.2, 0) is 9.53 Å². The Labute approximate surface area is 133 Å². The van der Waals surface area contributed by atoms with Crippen molar-refractivity contribution in [3.05, 3.63) is 63.6 Å². The van der Waals surface area contributed by atoms with Crippen LogP contribution in [0.1, 0.15) is 17.2 Å². The summed E-state index contributed by atoms with van der Waals surface area (Å²) in [5.74, 6) is -0.430. The summed E-state index contributed by atoms with van der Waals surface area (Å²) in [5.41, 5.74) is 2.47. The molecule has 2 aromatic carbocycles. The summed E-state index contributed by atoms with van der Waals surface area (Å²) in [5, 5.41) is 4.10. The number of esters is 1. The summed E-state index contributed by atoms with van der Waals surface area (Å²) >= 11 is 12.2. The Morgan fingerprint density at radius 3 is 2.62 bits per heavy atom. The van der Waals surface area contributed by atoms with E-state index in [2.05, 4.69) is 5.32 Å². The number of aryl methyl sites for hydroxylation is 1. The van der Waals surface area contributed by atoms with Gasteiger partial charge in [0.25, 0.3) is 0 Å². The first-order chi connectivity index (χ1) is 10.0. The van der Waals surface area contributed by atoms with Crippen molar-refractivity contribution in [3.8, 4) is 0 Å². The van der Waals surface area contributed by atoms with E-state index in [1.165, 1.54) is 7.11 Å². The molecule has 21 heavy (non-hydrogen) atoms. The predicted octanol–water partition coefficient (Wildman–Crippen LogP) is 4.63. The standard InChI is InChI=1S/C16H15Cl2NO2/c1-10-4-3-5-12(8-10)19-15(16(20)21-2)13-9-11(17)6-7-14(13)18/h3-9,15,19H,1-2H3. The highest BCUT2D eigenvalue weighted by molar-refractivity contribution is 6.33. The topological polar surface area (TPSA) is 38.3 Å². The minimum atomic E-state index is -0.719. The van der Waals surface area contributed by atoms with Crippen LogP contribution in [0.25, 0.3) is 0 Å². The number of methoxy groups -OCH3 is 1. The number of halogens is 2. The summed E-state index contributed by atoms with van der Waals surface area (Å²) in [6.07, 6.45) is 0. The van der Waals surface area contributed by atoms with Gasteiger partial charge in [0.15, 0.2) is 6.04 Å². The Bertz CT molecular complexity index is 658. The molecule has 0 aliphatic rings. The van der Waals surface area contributed by atoms with Gasteiger partial charge < -0.3 is 10.1 Å². The Hall–Kier alpha value is -1.71. The quantitative estimate of drug-likeness (QED) is 0.834. The molecule has 0 heterocycles. The lowest BCUT2D eigenvalue weighted by Crippen LogP contribution is -2.22. The van der Waals surface area contributed by atoms with Crippen molar-refractivity contribution in [2.75, 3.05) is 12.4 Å². The zero-order valence-corrected chi connectivity index (χ0v) is 13.2. The number of hydrogen-bond acceptors (Lipinski definition) is 3. The lowest BCUT2D eigenvalue weighted by Gasteiger charge is -2.19. The number of anilines is 1. The average Bonchev–Trinajstić information content (AvgIpc) is 2.47. The van der Waals surface area contributed by atoms with E-state index in [1.807, 2.05) is 31.2 Å². The normalized spacial score (nSPS) is 11.8. The van der Waals surface area contributed by atoms with Gasteiger partial charge in [-0.3, -0.25) is 0 Å². The van der Waals surface area contributed by atoms with E-state index < -0.39 is 12.0 Å². The highest BCUT2D eigenvalue weighted by Gasteiger charge is 2.24. The van der Waals surface area contributed by atoms with Crippen LogP contribution < -0.4 is 5.32 Å². The molecule has 0 aliphatic carbocycles. The van der Waals surface area contributed by atoms with Crippen molar-refractivity contribution in [1.29, 1.82) is 0 Å². The fraction of sp³-hybridized carbons (Fsp3) is 0.188. The first-order valence-electron chi connectivity index (χ1n) is 6.37. The summed E-state index contributed by atoms with van der Waals surface area (Å²) in [6.45, 7) is 1.98. The molecule has 1 atom stereocenters. The van der Waals surface area contributed by atoms with Gasteiger partial charge in [-0.1, -0.05) is 35.3 Å². The summed E-state index contributed by atoms with van der Waals surface area (Å²) in [7, 11) is 1.34. The molecule has 0 saturated carbocycles. The van der Waals surface area contributed by atoms with Gasteiger partial charge in [-0.15, -0.1) is 0 Å². The van der Waals surface area contributed by atoms with Crippen molar-refractivity contribution in [2.45, 2.75) is 13.0 Å². The van der Waals surface area contributed by atoms with Gasteiger partial charge in [0.05, 0.1) is 7.11 Å². The van der Waals surface area contributed by atoms with E-state index in [9.17, 15) is 4.79 Å². The molecule has 0 saturated heterocycles. The molecule has 0 radical (unpaired) electrons. The van der Waals surface area contributed by atoms with Crippen LogP contribution in [0.2, 0.25) is 10.0 Å². The van der Waals surface area contributed by atoms with E-state index in [0.717, 1.165) is 11.3 Å². The predicted molar refractivity (Wildman–Crippen MR) is 86.0 cm³/mol. The molecular weight excluding hydrogens is 309 g/mol. The number of hydrogen-bond donors (Lipinski definition) is 1. The fourth-order valence-electron chi connectivity index (χ4n) is 2.02. The number of nitrogens with one attached hydrogen (secondary N) is 1. The zero-order chi connectivity index (χ0) is 15.4. The van der Waals surface area contributed by atoms with Crippen LogP contribution in [0.4, 0.5) is 5.69 Å². The third-order valence-electron chi connectivity index (χ3n) is 3.04. The Kier molecular flexibility index (Phi) is 5.10. The van der Waals surface area contributed by atoms with Crippen LogP contribution in [0, 0.1) is 6.92 Å². The average molecular weight is 324 g/mol. The second kappa shape index (κ2) is 6.83. The minimum Gasteiger partial charge on any atom is -0.467 e. The monoisotopic (exact) mass is 323 g/mol. The van der Waals surface area contributed by atoms with Crippen LogP contribution in [-0.4, -0.2) is 13.1 Å². The second-order valence-electron chi connectivity index (χ2n) is 4.64. The molecule has 2 aromatic rings. The summed E-state index contributed by atoms with van der Waals surface area (Å²) < 4.78 is 4.86. The van der Waals surface area contributed by atoms with Crippen molar-refractivity contribution < 1.29 is 9.53 Å². The number of carbonyl (C=O) groups is 1. The Morgan fingerprint density at radius 2 is 1.95 bits per heavy atom. The molecule has 2 rings (SSSR count). The molecular formula is C16H15Cl2NO2. The van der Waals surface area contributed by atoms with Crippen molar-refractivity contribution in [3.63, 3.8) is 0 Å². The molecule has 1 unspecified atom stereocenters. The van der Waals surface area contributed by atoms with Crippen LogP contribution in [0.3, 0.4) is 0 Å². The van der Waals surface area contributed by atoms with Crippen LogP contribution in [0.15, 0.2) is 42.5 Å². The first-order valence-corrected chi connectivity index (χ1v) is 7.13. The SMILES string of the molecule is COC(=O)C(Nc1cccc(C)c1)c1cc(Cl)ccc1Cl. The van der Waals surface area contributed by atoms with Crippen LogP contribution >= 0.6 is 23.2 Å². The molecule has 110 valence electrons. The maximum Gasteiger partial charge on any atom is 0.333 e. The van der Waals surface area contributed by atoms with E-state index >= 15 is 0 Å². The number of benzene rings is 2. The van der Waals surface area contributed by atoms with Crippen LogP contribution in [0.5, 0.6) is 0 Å². The lowest BCUT2D eigenvalue weighted by molar-refractivity contribution is -0.141. The Balaban J connectivity index is 2.39.